The van der Waals surface area contributed by atoms with Crippen LogP contribution in [-0.2, 0) is 14.9 Å². The predicted molar refractivity (Wildman–Crippen MR) is 105 cm³/mol. The molecule has 28 heavy (non-hydrogen) atoms. The van der Waals surface area contributed by atoms with Crippen LogP contribution in [-0.4, -0.2) is 69.1 Å². The number of amides is 1. The van der Waals surface area contributed by atoms with E-state index in [1.165, 1.54) is 38.4 Å². The van der Waals surface area contributed by atoms with Crippen molar-refractivity contribution in [1.29, 1.82) is 0 Å². The van der Waals surface area contributed by atoms with Crippen LogP contribution in [0.4, 0.5) is 5.69 Å². The molecular weight excluding hydrogens is 382 g/mol. The smallest absolute Gasteiger partial charge is 0.264 e. The summed E-state index contributed by atoms with van der Waals surface area (Å²) in [6.07, 6.45) is 0. The molecule has 3 rings (SSSR count). The topological polar surface area (TPSA) is 90.4 Å². The maximum absolute atomic E-state index is 12.7. The van der Waals surface area contributed by atoms with Crippen LogP contribution < -0.4 is 4.90 Å². The van der Waals surface area contributed by atoms with Gasteiger partial charge < -0.3 is 14.9 Å². The number of carbonyl (C=O) groups excluding carboxylic acids is 1. The van der Waals surface area contributed by atoms with Crippen molar-refractivity contribution >= 4 is 21.6 Å². The zero-order valence-electron chi connectivity index (χ0n) is 15.8. The lowest BCUT2D eigenvalue weighted by Gasteiger charge is -2.36. The van der Waals surface area contributed by atoms with E-state index in [9.17, 15) is 18.3 Å². The Morgan fingerprint density at radius 2 is 1.64 bits per heavy atom. The molecule has 1 aliphatic rings. The van der Waals surface area contributed by atoms with Crippen LogP contribution >= 0.6 is 0 Å². The normalized spacial score (nSPS) is 15.1. The van der Waals surface area contributed by atoms with Crippen LogP contribution in [0.15, 0.2) is 53.4 Å². The van der Waals surface area contributed by atoms with E-state index in [1.807, 2.05) is 17.0 Å². The van der Waals surface area contributed by atoms with Gasteiger partial charge in [-0.2, -0.15) is 0 Å². The van der Waals surface area contributed by atoms with Gasteiger partial charge >= 0.3 is 0 Å². The van der Waals surface area contributed by atoms with Crippen LogP contribution in [0, 0.1) is 0 Å². The molecular formula is C19H23N3O5S. The second-order valence-corrected chi connectivity index (χ2v) is 8.33. The minimum Gasteiger partial charge on any atom is -0.506 e. The number of nitrogens with zero attached hydrogens (tertiary/aromatic N) is 3. The molecule has 1 amide bonds. The molecule has 2 aromatic carbocycles. The van der Waals surface area contributed by atoms with E-state index in [1.54, 1.807) is 17.0 Å². The van der Waals surface area contributed by atoms with Gasteiger partial charge in [-0.3, -0.25) is 9.63 Å². The van der Waals surface area contributed by atoms with Gasteiger partial charge in [-0.05, 0) is 36.4 Å². The largest absolute Gasteiger partial charge is 0.506 e. The highest BCUT2D eigenvalue weighted by atomic mass is 32.2. The molecule has 1 fully saturated rings. The number of hydrogen-bond donors (Lipinski definition) is 1. The number of benzene rings is 2. The Morgan fingerprint density at radius 3 is 2.21 bits per heavy atom. The highest BCUT2D eigenvalue weighted by Crippen LogP contribution is 2.27. The van der Waals surface area contributed by atoms with Crippen molar-refractivity contribution in [2.75, 3.05) is 45.2 Å². The fraction of sp³-hybridized carbons (Fsp3) is 0.316. The zero-order chi connectivity index (χ0) is 20.3. The lowest BCUT2D eigenvalue weighted by atomic mass is 10.1. The summed E-state index contributed by atoms with van der Waals surface area (Å²) in [5.74, 6) is 0.0704. The number of hydrogen-bond acceptors (Lipinski definition) is 6. The minimum absolute atomic E-state index is 0.0535. The Labute approximate surface area is 164 Å². The average molecular weight is 405 g/mol. The van der Waals surface area contributed by atoms with Crippen molar-refractivity contribution in [1.82, 2.24) is 9.37 Å². The standard InChI is InChI=1S/C19H23N3O5S/c1-20(27-2)28(25,26)16-9-7-15(8-10-16)19(24)22-13-11-21(12-14-22)17-5-3-4-6-18(17)23/h3-10,23H,11-14H2,1-2H3. The number of piperazine rings is 1. The molecule has 9 heteroatoms. The van der Waals surface area contributed by atoms with Crippen molar-refractivity contribution < 1.29 is 23.2 Å². The maximum Gasteiger partial charge on any atom is 0.264 e. The molecule has 1 saturated heterocycles. The Kier molecular flexibility index (Phi) is 5.87. The quantitative estimate of drug-likeness (QED) is 0.759. The zero-order valence-corrected chi connectivity index (χ0v) is 16.6. The van der Waals surface area contributed by atoms with E-state index >= 15 is 0 Å². The Hall–Kier alpha value is -2.62. The number of aromatic hydroxyl groups is 1. The molecule has 1 aliphatic heterocycles. The van der Waals surface area contributed by atoms with E-state index in [0.717, 1.165) is 10.2 Å². The lowest BCUT2D eigenvalue weighted by molar-refractivity contribution is -0.0258. The summed E-state index contributed by atoms with van der Waals surface area (Å²) in [6.45, 7) is 2.24. The molecule has 2 aromatic rings. The van der Waals surface area contributed by atoms with E-state index in [2.05, 4.69) is 0 Å². The third-order valence-electron chi connectivity index (χ3n) is 4.78. The first-order valence-electron chi connectivity index (χ1n) is 8.80. The summed E-state index contributed by atoms with van der Waals surface area (Å²) in [4.78, 5) is 21.3. The lowest BCUT2D eigenvalue weighted by Crippen LogP contribution is -2.48. The number of phenols is 1. The van der Waals surface area contributed by atoms with Crippen LogP contribution in [0.25, 0.3) is 0 Å². The number of carbonyl (C=O) groups is 1. The van der Waals surface area contributed by atoms with Gasteiger partial charge in [-0.25, -0.2) is 8.42 Å². The van der Waals surface area contributed by atoms with Crippen molar-refractivity contribution in [3.8, 4) is 5.75 Å². The first-order valence-corrected chi connectivity index (χ1v) is 10.2. The van der Waals surface area contributed by atoms with Gasteiger partial charge in [-0.1, -0.05) is 16.6 Å². The second kappa shape index (κ2) is 8.17. The van der Waals surface area contributed by atoms with Gasteiger partial charge in [0.05, 0.1) is 17.7 Å². The van der Waals surface area contributed by atoms with Gasteiger partial charge in [-0.15, -0.1) is 0 Å². The molecule has 1 heterocycles. The third kappa shape index (κ3) is 3.96. The molecule has 0 spiro atoms. The van der Waals surface area contributed by atoms with Crippen molar-refractivity contribution in [2.24, 2.45) is 0 Å². The first kappa shape index (κ1) is 20.1. The van der Waals surface area contributed by atoms with E-state index in [-0.39, 0.29) is 16.6 Å². The first-order chi connectivity index (χ1) is 13.3. The maximum atomic E-state index is 12.7. The third-order valence-corrected chi connectivity index (χ3v) is 6.48. The Bertz CT molecular complexity index is 938. The molecule has 150 valence electrons. The number of hydroxylamine groups is 1. The number of phenolic OH excluding ortho intramolecular Hbond substituents is 1. The van der Waals surface area contributed by atoms with Crippen molar-refractivity contribution in [3.63, 3.8) is 0 Å². The predicted octanol–water partition coefficient (Wildman–Crippen LogP) is 1.54. The average Bonchev–Trinajstić information content (AvgIpc) is 2.73. The Morgan fingerprint density at radius 1 is 1.04 bits per heavy atom. The van der Waals surface area contributed by atoms with Crippen LogP contribution in [0.1, 0.15) is 10.4 Å². The Balaban J connectivity index is 1.66. The monoisotopic (exact) mass is 405 g/mol. The van der Waals surface area contributed by atoms with Crippen molar-refractivity contribution in [2.45, 2.75) is 4.90 Å². The van der Waals surface area contributed by atoms with Crippen LogP contribution in [0.3, 0.4) is 0 Å². The van der Waals surface area contributed by atoms with Gasteiger partial charge in [0.2, 0.25) is 0 Å². The van der Waals surface area contributed by atoms with Gasteiger partial charge in [0, 0.05) is 38.8 Å². The number of para-hydroxylation sites is 2. The number of anilines is 1. The summed E-state index contributed by atoms with van der Waals surface area (Å²) >= 11 is 0. The number of rotatable bonds is 5. The molecule has 1 N–H and O–H groups in total. The summed E-state index contributed by atoms with van der Waals surface area (Å²) < 4.78 is 25.2. The fourth-order valence-corrected chi connectivity index (χ4v) is 4.05. The molecule has 0 unspecified atom stereocenters. The van der Waals surface area contributed by atoms with Crippen LogP contribution in [0.2, 0.25) is 0 Å². The molecule has 8 nitrogen and oxygen atoms in total. The van der Waals surface area contributed by atoms with Crippen molar-refractivity contribution in [3.05, 3.63) is 54.1 Å². The van der Waals surface area contributed by atoms with Gasteiger partial charge in [0.15, 0.2) is 0 Å². The summed E-state index contributed by atoms with van der Waals surface area (Å²) in [5.41, 5.74) is 1.18. The molecule has 0 atom stereocenters. The highest BCUT2D eigenvalue weighted by Gasteiger charge is 2.25. The molecule has 0 bridgehead atoms. The van der Waals surface area contributed by atoms with Gasteiger partial charge in [0.25, 0.3) is 15.9 Å². The SMILES string of the molecule is CON(C)S(=O)(=O)c1ccc(C(=O)N2CCN(c3ccccc3O)CC2)cc1. The van der Waals surface area contributed by atoms with Gasteiger partial charge in [0.1, 0.15) is 5.75 Å². The molecule has 0 saturated carbocycles. The fourth-order valence-electron chi connectivity index (χ4n) is 3.08. The highest BCUT2D eigenvalue weighted by molar-refractivity contribution is 7.89. The summed E-state index contributed by atoms with van der Waals surface area (Å²) in [6, 6.07) is 12.9. The minimum atomic E-state index is -3.74. The second-order valence-electron chi connectivity index (χ2n) is 6.39. The number of sulfonamides is 1. The molecule has 0 aliphatic carbocycles. The van der Waals surface area contributed by atoms with E-state index < -0.39 is 10.0 Å². The summed E-state index contributed by atoms with van der Waals surface area (Å²) in [7, 11) is -1.17. The molecule has 0 aromatic heterocycles. The summed E-state index contributed by atoms with van der Waals surface area (Å²) in [5, 5.41) is 9.98. The van der Waals surface area contributed by atoms with Crippen LogP contribution in [0.5, 0.6) is 5.75 Å². The molecule has 0 radical (unpaired) electrons. The van der Waals surface area contributed by atoms with E-state index in [4.69, 9.17) is 4.84 Å². The van der Waals surface area contributed by atoms with E-state index in [0.29, 0.717) is 31.7 Å².